The summed E-state index contributed by atoms with van der Waals surface area (Å²) in [6.45, 7) is 2.07. The zero-order chi connectivity index (χ0) is 22.3. The van der Waals surface area contributed by atoms with E-state index in [-0.39, 0.29) is 17.9 Å². The molecule has 5 aliphatic rings. The van der Waals surface area contributed by atoms with Gasteiger partial charge in [-0.15, -0.1) is 0 Å². The summed E-state index contributed by atoms with van der Waals surface area (Å²) in [5, 5.41) is 24.9. The number of benzene rings is 2. The molecule has 1 saturated carbocycles. The van der Waals surface area contributed by atoms with E-state index in [1.165, 1.54) is 44.1 Å². The first-order valence-corrected chi connectivity index (χ1v) is 13.3. The van der Waals surface area contributed by atoms with Crippen molar-refractivity contribution in [1.29, 1.82) is 0 Å². The lowest BCUT2D eigenvalue weighted by molar-refractivity contribution is -0.173. The van der Waals surface area contributed by atoms with Crippen molar-refractivity contribution in [2.45, 2.75) is 55.3 Å². The van der Waals surface area contributed by atoms with Gasteiger partial charge in [-0.25, -0.2) is 0 Å². The normalized spacial score (nSPS) is 33.7. The molecule has 2 aliphatic heterocycles. The number of aryl methyl sites for hydroxylation is 1. The molecule has 1 aromatic heterocycles. The summed E-state index contributed by atoms with van der Waals surface area (Å²) in [7, 11) is 2.14. The Labute approximate surface area is 206 Å². The molecular weight excluding hydrogens is 527 g/mol. The summed E-state index contributed by atoms with van der Waals surface area (Å²) in [6.07, 6.45) is 4.67. The van der Waals surface area contributed by atoms with Gasteiger partial charge in [0, 0.05) is 40.6 Å². The predicted molar refractivity (Wildman–Crippen MR) is 134 cm³/mol. The summed E-state index contributed by atoms with van der Waals surface area (Å²) >= 11 is 2.42. The third-order valence-electron chi connectivity index (χ3n) is 9.53. The Bertz CT molecular complexity index is 1380. The van der Waals surface area contributed by atoms with Gasteiger partial charge in [0.05, 0.1) is 22.2 Å². The minimum Gasteiger partial charge on any atom is -0.504 e. The molecule has 2 N–H and O–H groups in total. The molecule has 33 heavy (non-hydrogen) atoms. The highest BCUT2D eigenvalue weighted by Gasteiger charge is 2.73. The highest BCUT2D eigenvalue weighted by atomic mass is 127. The second kappa shape index (κ2) is 6.07. The number of hydrogen-bond acceptors (Lipinski definition) is 4. The SMILES string of the molecule is Cn1c2c(c3cccc(I)c31)C[C@@]1(O)C3Cc4ccc(O)c5c4[C@@]1(CCN3CC1CC1)[C@H]2O5. The molecule has 2 aromatic carbocycles. The monoisotopic (exact) mass is 554 g/mol. The van der Waals surface area contributed by atoms with Gasteiger partial charge in [-0.1, -0.05) is 18.2 Å². The maximum absolute atomic E-state index is 12.9. The fourth-order valence-electron chi connectivity index (χ4n) is 8.00. The number of para-hydroxylation sites is 1. The Morgan fingerprint density at radius 2 is 2.06 bits per heavy atom. The quantitative estimate of drug-likeness (QED) is 0.467. The van der Waals surface area contributed by atoms with E-state index in [0.29, 0.717) is 12.2 Å². The summed E-state index contributed by atoms with van der Waals surface area (Å²) in [6, 6.07) is 10.4. The van der Waals surface area contributed by atoms with E-state index in [1.54, 1.807) is 6.07 Å². The molecule has 3 heterocycles. The molecule has 6 heteroatoms. The zero-order valence-electron chi connectivity index (χ0n) is 18.6. The molecule has 1 unspecified atom stereocenters. The first kappa shape index (κ1) is 19.5. The third-order valence-corrected chi connectivity index (χ3v) is 10.4. The van der Waals surface area contributed by atoms with Crippen LogP contribution >= 0.6 is 22.6 Å². The Balaban J connectivity index is 1.45. The zero-order valence-corrected chi connectivity index (χ0v) is 20.8. The van der Waals surface area contributed by atoms with E-state index in [1.807, 2.05) is 0 Å². The van der Waals surface area contributed by atoms with Crippen LogP contribution in [0.5, 0.6) is 11.5 Å². The van der Waals surface area contributed by atoms with Crippen molar-refractivity contribution in [3.63, 3.8) is 0 Å². The molecule has 8 rings (SSSR count). The highest BCUT2D eigenvalue weighted by Crippen LogP contribution is 2.69. The minimum atomic E-state index is -0.917. The van der Waals surface area contributed by atoms with Gasteiger partial charge in [-0.3, -0.25) is 4.90 Å². The summed E-state index contributed by atoms with van der Waals surface area (Å²) in [4.78, 5) is 2.59. The molecule has 5 nitrogen and oxygen atoms in total. The Morgan fingerprint density at radius 1 is 1.21 bits per heavy atom. The molecule has 2 fully saturated rings. The van der Waals surface area contributed by atoms with Gasteiger partial charge in [0.1, 0.15) is 0 Å². The third kappa shape index (κ3) is 2.13. The van der Waals surface area contributed by atoms with Crippen molar-refractivity contribution >= 4 is 33.5 Å². The molecule has 3 aliphatic carbocycles. The van der Waals surface area contributed by atoms with Gasteiger partial charge in [0.25, 0.3) is 0 Å². The number of aliphatic hydroxyl groups is 1. The average molecular weight is 554 g/mol. The maximum atomic E-state index is 12.9. The number of rotatable bonds is 2. The predicted octanol–water partition coefficient (Wildman–Crippen LogP) is 4.19. The molecule has 3 aromatic rings. The van der Waals surface area contributed by atoms with Crippen LogP contribution in [0.3, 0.4) is 0 Å². The number of ether oxygens (including phenoxy) is 1. The standard InChI is InChI=1S/C27H27IN2O3/c1-29-22-16(3-2-4-18(22)28)17-12-27(32)20-11-15-7-8-19(31)24-21(15)26(27,25(33-24)23(17)29)9-10-30(20)13-14-5-6-14/h2-4,7-8,14,20,25,31-32H,5-6,9-13H2,1H3/t20?,25-,26-,27+/m0/s1. The van der Waals surface area contributed by atoms with Crippen LogP contribution < -0.4 is 4.74 Å². The van der Waals surface area contributed by atoms with Crippen LogP contribution in [-0.4, -0.2) is 44.4 Å². The first-order chi connectivity index (χ1) is 15.9. The fraction of sp³-hybridized carbons (Fsp3) is 0.481. The van der Waals surface area contributed by atoms with Gasteiger partial charge in [-0.05, 0) is 84.0 Å². The van der Waals surface area contributed by atoms with Crippen LogP contribution in [0, 0.1) is 9.49 Å². The number of phenols is 1. The fourth-order valence-corrected chi connectivity index (χ4v) is 8.86. The van der Waals surface area contributed by atoms with E-state index >= 15 is 0 Å². The number of halogens is 1. The van der Waals surface area contributed by atoms with E-state index in [0.717, 1.165) is 37.4 Å². The van der Waals surface area contributed by atoms with E-state index in [2.05, 4.69) is 63.4 Å². The highest BCUT2D eigenvalue weighted by molar-refractivity contribution is 14.1. The smallest absolute Gasteiger partial charge is 0.166 e. The largest absolute Gasteiger partial charge is 0.504 e. The lowest BCUT2D eigenvalue weighted by Crippen LogP contribution is -2.74. The van der Waals surface area contributed by atoms with Crippen molar-refractivity contribution < 1.29 is 14.9 Å². The second-order valence-electron chi connectivity index (χ2n) is 11.0. The van der Waals surface area contributed by atoms with Crippen molar-refractivity contribution in [1.82, 2.24) is 9.47 Å². The van der Waals surface area contributed by atoms with Crippen LogP contribution in [0.2, 0.25) is 0 Å². The lowest BCUT2D eigenvalue weighted by Gasteiger charge is -2.63. The van der Waals surface area contributed by atoms with Crippen molar-refractivity contribution in [2.75, 3.05) is 13.1 Å². The number of phenolic OH excluding ortho intramolecular Hbond substituents is 1. The lowest BCUT2D eigenvalue weighted by atomic mass is 9.49. The summed E-state index contributed by atoms with van der Waals surface area (Å²) < 4.78 is 10.2. The molecule has 1 saturated heterocycles. The number of fused-ring (bicyclic) bond motifs is 4. The minimum absolute atomic E-state index is 0.0760. The molecule has 170 valence electrons. The van der Waals surface area contributed by atoms with Crippen molar-refractivity contribution in [3.05, 3.63) is 56.3 Å². The Morgan fingerprint density at radius 3 is 2.88 bits per heavy atom. The molecule has 2 bridgehead atoms. The van der Waals surface area contributed by atoms with Gasteiger partial charge in [0.2, 0.25) is 0 Å². The van der Waals surface area contributed by atoms with Crippen molar-refractivity contribution in [3.8, 4) is 11.5 Å². The van der Waals surface area contributed by atoms with Gasteiger partial charge in [0.15, 0.2) is 17.6 Å². The van der Waals surface area contributed by atoms with Gasteiger partial charge in [-0.2, -0.15) is 0 Å². The van der Waals surface area contributed by atoms with E-state index in [9.17, 15) is 10.2 Å². The average Bonchev–Trinajstić information content (AvgIpc) is 3.46. The second-order valence-corrected chi connectivity index (χ2v) is 12.1. The number of nitrogens with zero attached hydrogens (tertiary/aromatic N) is 2. The van der Waals surface area contributed by atoms with Crippen LogP contribution in [0.4, 0.5) is 0 Å². The number of aromatic hydroxyl groups is 1. The Hall–Kier alpha value is -1.77. The molecule has 0 amide bonds. The van der Waals surface area contributed by atoms with Gasteiger partial charge < -0.3 is 19.5 Å². The van der Waals surface area contributed by atoms with Crippen LogP contribution in [0.25, 0.3) is 10.9 Å². The summed E-state index contributed by atoms with van der Waals surface area (Å²) in [5.74, 6) is 1.60. The van der Waals surface area contributed by atoms with E-state index in [4.69, 9.17) is 4.74 Å². The number of aromatic nitrogens is 1. The maximum Gasteiger partial charge on any atom is 0.166 e. The Kier molecular flexibility index (Phi) is 3.59. The van der Waals surface area contributed by atoms with Crippen LogP contribution in [0.15, 0.2) is 30.3 Å². The molecule has 4 atom stereocenters. The van der Waals surface area contributed by atoms with E-state index < -0.39 is 11.0 Å². The number of piperidine rings is 1. The van der Waals surface area contributed by atoms with Gasteiger partial charge >= 0.3 is 0 Å². The van der Waals surface area contributed by atoms with Crippen LogP contribution in [0.1, 0.15) is 47.8 Å². The molecular formula is C27H27IN2O3. The first-order valence-electron chi connectivity index (χ1n) is 12.2. The summed E-state index contributed by atoms with van der Waals surface area (Å²) in [5.41, 5.74) is 4.52. The molecule has 1 spiro atoms. The number of hydrogen-bond donors (Lipinski definition) is 2. The van der Waals surface area contributed by atoms with Crippen LogP contribution in [-0.2, 0) is 25.3 Å². The van der Waals surface area contributed by atoms with Crippen molar-refractivity contribution in [2.24, 2.45) is 13.0 Å². The topological polar surface area (TPSA) is 57.9 Å². The molecule has 0 radical (unpaired) electrons. The number of likely N-dealkylation sites (tertiary alicyclic amines) is 1.